The van der Waals surface area contributed by atoms with Gasteiger partial charge in [-0.2, -0.15) is 0 Å². The van der Waals surface area contributed by atoms with Crippen LogP contribution < -0.4 is 4.74 Å². The van der Waals surface area contributed by atoms with Gasteiger partial charge < -0.3 is 9.64 Å². The average molecular weight is 395 g/mol. The number of carbonyl (C=O) groups is 1. The summed E-state index contributed by atoms with van der Waals surface area (Å²) in [5.41, 5.74) is 3.11. The first kappa shape index (κ1) is 19.8. The summed E-state index contributed by atoms with van der Waals surface area (Å²) in [7, 11) is 1.69. The number of ether oxygens (including phenoxy) is 1. The van der Waals surface area contributed by atoms with Gasteiger partial charge in [-0.15, -0.1) is 0 Å². The first-order valence-electron chi connectivity index (χ1n) is 10.6. The Morgan fingerprint density at radius 1 is 1.10 bits per heavy atom. The van der Waals surface area contributed by atoms with Gasteiger partial charge in [0, 0.05) is 56.5 Å². The lowest BCUT2D eigenvalue weighted by molar-refractivity contribution is -0.130. The molecule has 0 N–H and O–H groups in total. The predicted octanol–water partition coefficient (Wildman–Crippen LogP) is 3.34. The largest absolute Gasteiger partial charge is 0.497 e. The van der Waals surface area contributed by atoms with Crippen molar-refractivity contribution in [3.05, 3.63) is 42.4 Å². The number of hydrogen-bond acceptors (Lipinski definition) is 5. The molecule has 2 fully saturated rings. The lowest BCUT2D eigenvalue weighted by Gasteiger charge is -2.42. The van der Waals surface area contributed by atoms with Crippen molar-refractivity contribution in [2.45, 2.75) is 44.6 Å². The molecule has 1 aromatic heterocycles. The third-order valence-corrected chi connectivity index (χ3v) is 6.34. The van der Waals surface area contributed by atoms with E-state index >= 15 is 0 Å². The van der Waals surface area contributed by atoms with Gasteiger partial charge in [0.15, 0.2) is 0 Å². The van der Waals surface area contributed by atoms with Gasteiger partial charge in [0.05, 0.1) is 18.5 Å². The van der Waals surface area contributed by atoms with Crippen LogP contribution in [0.3, 0.4) is 0 Å². The van der Waals surface area contributed by atoms with E-state index in [2.05, 4.69) is 16.0 Å². The quantitative estimate of drug-likeness (QED) is 0.796. The number of methoxy groups -OCH3 is 1. The van der Waals surface area contributed by atoms with E-state index in [9.17, 15) is 4.79 Å². The first-order chi connectivity index (χ1) is 14.2. The molecule has 0 aliphatic carbocycles. The molecule has 2 saturated heterocycles. The predicted molar refractivity (Wildman–Crippen MR) is 113 cm³/mol. The minimum Gasteiger partial charge on any atom is -0.497 e. The van der Waals surface area contributed by atoms with Gasteiger partial charge in [0.2, 0.25) is 5.91 Å². The maximum absolute atomic E-state index is 11.6. The van der Waals surface area contributed by atoms with Gasteiger partial charge >= 0.3 is 0 Å². The molecule has 2 aliphatic heterocycles. The van der Waals surface area contributed by atoms with Gasteiger partial charge in [-0.1, -0.05) is 12.1 Å². The Bertz CT molecular complexity index is 848. The second kappa shape index (κ2) is 8.91. The van der Waals surface area contributed by atoms with E-state index in [-0.39, 0.29) is 5.91 Å². The molecule has 1 aromatic carbocycles. The minimum absolute atomic E-state index is 0.197. The summed E-state index contributed by atoms with van der Waals surface area (Å²) in [6, 6.07) is 8.63. The standard InChI is InChI=1S/C23H30N4O2/c1-17(28)26-13-8-20(9-14-26)27-12-4-6-19(16-27)23-22(24-10-11-25-23)18-5-3-7-21(15-18)29-2/h3,5,7,10-11,15,19-20H,4,6,8-9,12-14,16H2,1-2H3. The van der Waals surface area contributed by atoms with E-state index in [1.54, 1.807) is 20.2 Å². The average Bonchev–Trinajstić information content (AvgIpc) is 2.79. The van der Waals surface area contributed by atoms with Crippen molar-refractivity contribution in [2.75, 3.05) is 33.3 Å². The molecule has 4 rings (SSSR count). The molecule has 0 radical (unpaired) electrons. The molecule has 1 unspecified atom stereocenters. The van der Waals surface area contributed by atoms with E-state index in [0.717, 1.165) is 68.1 Å². The number of hydrogen-bond donors (Lipinski definition) is 0. The fourth-order valence-corrected chi connectivity index (χ4v) is 4.75. The Kier molecular flexibility index (Phi) is 6.09. The van der Waals surface area contributed by atoms with E-state index in [0.29, 0.717) is 12.0 Å². The fourth-order valence-electron chi connectivity index (χ4n) is 4.75. The number of carbonyl (C=O) groups excluding carboxylic acids is 1. The minimum atomic E-state index is 0.197. The van der Waals surface area contributed by atoms with Gasteiger partial charge in [-0.3, -0.25) is 19.7 Å². The van der Waals surface area contributed by atoms with Crippen molar-refractivity contribution in [2.24, 2.45) is 0 Å². The number of benzene rings is 1. The Balaban J connectivity index is 1.51. The van der Waals surface area contributed by atoms with Crippen LogP contribution in [-0.4, -0.2) is 65.0 Å². The Hall–Kier alpha value is -2.47. The molecule has 6 heteroatoms. The van der Waals surface area contributed by atoms with Crippen molar-refractivity contribution in [1.82, 2.24) is 19.8 Å². The number of aromatic nitrogens is 2. The van der Waals surface area contributed by atoms with Crippen LogP contribution in [0.2, 0.25) is 0 Å². The maximum Gasteiger partial charge on any atom is 0.219 e. The number of rotatable bonds is 4. The van der Waals surface area contributed by atoms with Gasteiger partial charge in [0.25, 0.3) is 0 Å². The number of likely N-dealkylation sites (tertiary alicyclic amines) is 2. The summed E-state index contributed by atoms with van der Waals surface area (Å²) in [4.78, 5) is 25.7. The molecule has 2 aliphatic rings. The molecule has 1 amide bonds. The molecule has 1 atom stereocenters. The summed E-state index contributed by atoms with van der Waals surface area (Å²) in [5, 5.41) is 0. The highest BCUT2D eigenvalue weighted by Crippen LogP contribution is 2.34. The molecular weight excluding hydrogens is 364 g/mol. The zero-order valence-electron chi connectivity index (χ0n) is 17.4. The van der Waals surface area contributed by atoms with Crippen LogP contribution in [0.4, 0.5) is 0 Å². The van der Waals surface area contributed by atoms with Gasteiger partial charge in [0.1, 0.15) is 5.75 Å². The number of amides is 1. The molecule has 6 nitrogen and oxygen atoms in total. The second-order valence-electron chi connectivity index (χ2n) is 8.09. The highest BCUT2D eigenvalue weighted by molar-refractivity contribution is 5.73. The molecule has 2 aromatic rings. The highest BCUT2D eigenvalue weighted by Gasteiger charge is 2.31. The van der Waals surface area contributed by atoms with Crippen LogP contribution in [0.25, 0.3) is 11.3 Å². The maximum atomic E-state index is 11.6. The molecule has 0 saturated carbocycles. The summed E-state index contributed by atoms with van der Waals surface area (Å²) >= 11 is 0. The summed E-state index contributed by atoms with van der Waals surface area (Å²) < 4.78 is 5.40. The number of nitrogens with zero attached hydrogens (tertiary/aromatic N) is 4. The van der Waals surface area contributed by atoms with Crippen molar-refractivity contribution in [3.63, 3.8) is 0 Å². The topological polar surface area (TPSA) is 58.6 Å². The van der Waals surface area contributed by atoms with Crippen LogP contribution in [0.5, 0.6) is 5.75 Å². The van der Waals surface area contributed by atoms with Crippen LogP contribution in [0, 0.1) is 0 Å². The normalized spacial score (nSPS) is 21.2. The first-order valence-corrected chi connectivity index (χ1v) is 10.6. The second-order valence-corrected chi connectivity index (χ2v) is 8.09. The Labute approximate surface area is 172 Å². The van der Waals surface area contributed by atoms with Gasteiger partial charge in [-0.25, -0.2) is 0 Å². The molecule has 0 bridgehead atoms. The SMILES string of the molecule is COc1cccc(-c2nccnc2C2CCCN(C3CCN(C(C)=O)CC3)C2)c1. The lowest BCUT2D eigenvalue weighted by atomic mass is 9.89. The Morgan fingerprint density at radius 3 is 2.66 bits per heavy atom. The lowest BCUT2D eigenvalue weighted by Crippen LogP contribution is -2.49. The zero-order valence-corrected chi connectivity index (χ0v) is 17.4. The number of piperidine rings is 2. The monoisotopic (exact) mass is 394 g/mol. The fraction of sp³-hybridized carbons (Fsp3) is 0.522. The Morgan fingerprint density at radius 2 is 1.90 bits per heavy atom. The van der Waals surface area contributed by atoms with Gasteiger partial charge in [-0.05, 0) is 44.4 Å². The van der Waals surface area contributed by atoms with Crippen LogP contribution in [0.15, 0.2) is 36.7 Å². The van der Waals surface area contributed by atoms with E-state index < -0.39 is 0 Å². The van der Waals surface area contributed by atoms with Crippen LogP contribution in [-0.2, 0) is 4.79 Å². The van der Waals surface area contributed by atoms with Crippen LogP contribution in [0.1, 0.15) is 44.2 Å². The third-order valence-electron chi connectivity index (χ3n) is 6.34. The zero-order chi connectivity index (χ0) is 20.2. The summed E-state index contributed by atoms with van der Waals surface area (Å²) in [6.45, 7) is 5.57. The molecule has 0 spiro atoms. The van der Waals surface area contributed by atoms with E-state index in [1.807, 2.05) is 29.3 Å². The van der Waals surface area contributed by atoms with Crippen molar-refractivity contribution in [3.8, 4) is 17.0 Å². The van der Waals surface area contributed by atoms with E-state index in [1.165, 1.54) is 6.42 Å². The van der Waals surface area contributed by atoms with Crippen molar-refractivity contribution in [1.29, 1.82) is 0 Å². The van der Waals surface area contributed by atoms with Crippen molar-refractivity contribution >= 4 is 5.91 Å². The van der Waals surface area contributed by atoms with E-state index in [4.69, 9.17) is 9.72 Å². The molecule has 154 valence electrons. The molecule has 3 heterocycles. The highest BCUT2D eigenvalue weighted by atomic mass is 16.5. The molecule has 29 heavy (non-hydrogen) atoms. The summed E-state index contributed by atoms with van der Waals surface area (Å²) in [5.74, 6) is 1.41. The van der Waals surface area contributed by atoms with Crippen molar-refractivity contribution < 1.29 is 9.53 Å². The smallest absolute Gasteiger partial charge is 0.219 e. The molecular formula is C23H30N4O2. The third kappa shape index (κ3) is 4.42. The summed E-state index contributed by atoms with van der Waals surface area (Å²) in [6.07, 6.45) is 8.02. The van der Waals surface area contributed by atoms with Crippen LogP contribution >= 0.6 is 0 Å².